The fourth-order valence-electron chi connectivity index (χ4n) is 2.29. The molecule has 1 aromatic carbocycles. The van der Waals surface area contributed by atoms with Crippen molar-refractivity contribution in [1.82, 2.24) is 5.32 Å². The number of fused-ring (bicyclic) bond motifs is 1. The second kappa shape index (κ2) is 4.74. The molecule has 0 saturated carbocycles. The highest BCUT2D eigenvalue weighted by atomic mass is 16.5. The first-order valence-corrected chi connectivity index (χ1v) is 5.82. The van der Waals surface area contributed by atoms with E-state index in [4.69, 9.17) is 9.47 Å². The van der Waals surface area contributed by atoms with Crippen LogP contribution in [-0.2, 0) is 0 Å². The van der Waals surface area contributed by atoms with E-state index >= 15 is 0 Å². The molecular weight excluding hydrogens is 202 g/mol. The van der Waals surface area contributed by atoms with E-state index in [1.807, 2.05) is 19.2 Å². The Hall–Kier alpha value is -1.22. The number of hydrogen-bond acceptors (Lipinski definition) is 3. The molecule has 0 saturated heterocycles. The van der Waals surface area contributed by atoms with Gasteiger partial charge in [-0.3, -0.25) is 0 Å². The molecular formula is C13H19NO2. The summed E-state index contributed by atoms with van der Waals surface area (Å²) < 4.78 is 11.2. The van der Waals surface area contributed by atoms with Gasteiger partial charge in [-0.25, -0.2) is 0 Å². The van der Waals surface area contributed by atoms with E-state index in [1.54, 1.807) is 7.11 Å². The van der Waals surface area contributed by atoms with E-state index in [1.165, 1.54) is 5.56 Å². The molecule has 1 aliphatic heterocycles. The molecule has 3 nitrogen and oxygen atoms in total. The van der Waals surface area contributed by atoms with Crippen molar-refractivity contribution in [3.63, 3.8) is 0 Å². The van der Waals surface area contributed by atoms with Gasteiger partial charge in [0.05, 0.1) is 13.2 Å². The fourth-order valence-corrected chi connectivity index (χ4v) is 2.29. The number of ether oxygens (including phenoxy) is 2. The third-order valence-electron chi connectivity index (χ3n) is 3.09. The number of hydrogen-bond donors (Lipinski definition) is 1. The zero-order valence-corrected chi connectivity index (χ0v) is 10.1. The molecule has 2 rings (SSSR count). The lowest BCUT2D eigenvalue weighted by Crippen LogP contribution is -2.28. The molecule has 88 valence electrons. The Morgan fingerprint density at radius 1 is 1.44 bits per heavy atom. The van der Waals surface area contributed by atoms with Gasteiger partial charge in [-0.05, 0) is 31.7 Å². The zero-order valence-electron chi connectivity index (χ0n) is 10.1. The molecule has 0 bridgehead atoms. The molecule has 3 heteroatoms. The molecule has 1 heterocycles. The third kappa shape index (κ3) is 1.87. The molecule has 0 spiro atoms. The van der Waals surface area contributed by atoms with E-state index in [-0.39, 0.29) is 12.1 Å². The maximum absolute atomic E-state index is 5.93. The molecule has 1 aliphatic rings. The van der Waals surface area contributed by atoms with Gasteiger partial charge in [0.2, 0.25) is 0 Å². The Morgan fingerprint density at radius 2 is 2.25 bits per heavy atom. The first-order chi connectivity index (χ1) is 7.80. The molecule has 0 radical (unpaired) electrons. The number of nitrogens with one attached hydrogen (secondary N) is 1. The lowest BCUT2D eigenvalue weighted by molar-refractivity contribution is 0.182. The first-order valence-electron chi connectivity index (χ1n) is 5.82. The van der Waals surface area contributed by atoms with Gasteiger partial charge >= 0.3 is 0 Å². The molecule has 0 amide bonds. The maximum Gasteiger partial charge on any atom is 0.125 e. The maximum atomic E-state index is 5.93. The van der Waals surface area contributed by atoms with Crippen LogP contribution < -0.4 is 14.8 Å². The summed E-state index contributed by atoms with van der Waals surface area (Å²) >= 11 is 0. The Morgan fingerprint density at radius 3 is 2.88 bits per heavy atom. The van der Waals surface area contributed by atoms with Crippen LogP contribution in [0.3, 0.4) is 0 Å². The smallest absolute Gasteiger partial charge is 0.125 e. The molecule has 2 atom stereocenters. The highest BCUT2D eigenvalue weighted by molar-refractivity contribution is 5.45. The van der Waals surface area contributed by atoms with Crippen LogP contribution in [0.2, 0.25) is 0 Å². The zero-order chi connectivity index (χ0) is 11.5. The quantitative estimate of drug-likeness (QED) is 0.847. The minimum Gasteiger partial charge on any atom is -0.497 e. The van der Waals surface area contributed by atoms with E-state index in [2.05, 4.69) is 18.3 Å². The van der Waals surface area contributed by atoms with Crippen molar-refractivity contribution < 1.29 is 9.47 Å². The predicted molar refractivity (Wildman–Crippen MR) is 64.1 cm³/mol. The molecule has 16 heavy (non-hydrogen) atoms. The van der Waals surface area contributed by atoms with Crippen molar-refractivity contribution in [2.45, 2.75) is 31.9 Å². The van der Waals surface area contributed by atoms with Crippen LogP contribution in [0.1, 0.15) is 31.4 Å². The SMILES string of the molecule is CCCC1Oc2ccc(OC)cc2C1NC. The second-order valence-corrected chi connectivity index (χ2v) is 4.12. The Balaban J connectivity index is 2.28. The summed E-state index contributed by atoms with van der Waals surface area (Å²) in [5, 5.41) is 3.33. The molecule has 2 unspecified atom stereocenters. The summed E-state index contributed by atoms with van der Waals surface area (Å²) in [4.78, 5) is 0. The van der Waals surface area contributed by atoms with Gasteiger partial charge in [0, 0.05) is 5.56 Å². The van der Waals surface area contributed by atoms with Crippen molar-refractivity contribution in [2.24, 2.45) is 0 Å². The third-order valence-corrected chi connectivity index (χ3v) is 3.09. The van der Waals surface area contributed by atoms with Gasteiger partial charge in [-0.1, -0.05) is 13.3 Å². The van der Waals surface area contributed by atoms with Gasteiger partial charge in [0.15, 0.2) is 0 Å². The normalized spacial score (nSPS) is 22.7. The van der Waals surface area contributed by atoms with Crippen LogP contribution in [0.25, 0.3) is 0 Å². The van der Waals surface area contributed by atoms with Crippen LogP contribution in [0.4, 0.5) is 0 Å². The number of likely N-dealkylation sites (N-methyl/N-ethyl adjacent to an activating group) is 1. The van der Waals surface area contributed by atoms with Crippen molar-refractivity contribution in [3.8, 4) is 11.5 Å². The van der Waals surface area contributed by atoms with E-state index in [0.717, 1.165) is 24.3 Å². The minimum absolute atomic E-state index is 0.247. The van der Waals surface area contributed by atoms with Gasteiger partial charge in [0.25, 0.3) is 0 Å². The fraction of sp³-hybridized carbons (Fsp3) is 0.538. The molecule has 0 fully saturated rings. The molecule has 1 N–H and O–H groups in total. The van der Waals surface area contributed by atoms with Crippen molar-refractivity contribution in [1.29, 1.82) is 0 Å². The predicted octanol–water partition coefficient (Wildman–Crippen LogP) is 2.52. The van der Waals surface area contributed by atoms with E-state index in [0.29, 0.717) is 0 Å². The monoisotopic (exact) mass is 221 g/mol. The van der Waals surface area contributed by atoms with Gasteiger partial charge < -0.3 is 14.8 Å². The van der Waals surface area contributed by atoms with E-state index < -0.39 is 0 Å². The standard InChI is InChI=1S/C13H19NO2/c1-4-5-12-13(14-2)10-8-9(15-3)6-7-11(10)16-12/h6-8,12-14H,4-5H2,1-3H3. The summed E-state index contributed by atoms with van der Waals surface area (Å²) in [6, 6.07) is 6.28. The summed E-state index contributed by atoms with van der Waals surface area (Å²) in [7, 11) is 3.67. The summed E-state index contributed by atoms with van der Waals surface area (Å²) in [6.45, 7) is 2.18. The topological polar surface area (TPSA) is 30.5 Å². The Kier molecular flexibility index (Phi) is 3.34. The van der Waals surface area contributed by atoms with E-state index in [9.17, 15) is 0 Å². The van der Waals surface area contributed by atoms with Crippen molar-refractivity contribution in [3.05, 3.63) is 23.8 Å². The average Bonchev–Trinajstić information content (AvgIpc) is 2.65. The Labute approximate surface area is 96.8 Å². The average molecular weight is 221 g/mol. The molecule has 0 aromatic heterocycles. The minimum atomic E-state index is 0.247. The number of rotatable bonds is 4. The molecule has 1 aromatic rings. The Bertz CT molecular complexity index is 365. The van der Waals surface area contributed by atoms with Crippen LogP contribution >= 0.6 is 0 Å². The summed E-state index contributed by atoms with van der Waals surface area (Å²) in [6.07, 6.45) is 2.45. The highest BCUT2D eigenvalue weighted by Crippen LogP contribution is 2.39. The van der Waals surface area contributed by atoms with Crippen LogP contribution in [-0.4, -0.2) is 20.3 Å². The first kappa shape index (κ1) is 11.3. The van der Waals surface area contributed by atoms with Crippen LogP contribution in [0.15, 0.2) is 18.2 Å². The van der Waals surface area contributed by atoms with Crippen LogP contribution in [0, 0.1) is 0 Å². The van der Waals surface area contributed by atoms with Crippen molar-refractivity contribution >= 4 is 0 Å². The largest absolute Gasteiger partial charge is 0.497 e. The lowest BCUT2D eigenvalue weighted by atomic mass is 10.0. The highest BCUT2D eigenvalue weighted by Gasteiger charge is 2.32. The summed E-state index contributed by atoms with van der Waals surface area (Å²) in [5.74, 6) is 1.87. The summed E-state index contributed by atoms with van der Waals surface area (Å²) in [5.41, 5.74) is 1.21. The van der Waals surface area contributed by atoms with Gasteiger partial charge in [0.1, 0.15) is 17.6 Å². The van der Waals surface area contributed by atoms with Gasteiger partial charge in [-0.15, -0.1) is 0 Å². The lowest BCUT2D eigenvalue weighted by Gasteiger charge is -2.17. The molecule has 0 aliphatic carbocycles. The number of methoxy groups -OCH3 is 1. The number of benzene rings is 1. The van der Waals surface area contributed by atoms with Gasteiger partial charge in [-0.2, -0.15) is 0 Å². The van der Waals surface area contributed by atoms with Crippen molar-refractivity contribution in [2.75, 3.05) is 14.2 Å². The van der Waals surface area contributed by atoms with Crippen LogP contribution in [0.5, 0.6) is 11.5 Å². The second-order valence-electron chi connectivity index (χ2n) is 4.12.